The van der Waals surface area contributed by atoms with Crippen molar-refractivity contribution in [1.82, 2.24) is 20.6 Å². The van der Waals surface area contributed by atoms with Crippen LogP contribution in [-0.4, -0.2) is 47.4 Å². The van der Waals surface area contributed by atoms with Crippen LogP contribution in [0.1, 0.15) is 27.8 Å². The molecule has 12 nitrogen and oxygen atoms in total. The van der Waals surface area contributed by atoms with E-state index < -0.39 is 50.0 Å². The van der Waals surface area contributed by atoms with E-state index >= 15 is 4.39 Å². The number of benzene rings is 2. The number of hydrogen-bond acceptors (Lipinski definition) is 10. The Balaban J connectivity index is 0.000000194. The van der Waals surface area contributed by atoms with Crippen LogP contribution in [0.5, 0.6) is 0 Å². The topological polar surface area (TPSA) is 161 Å². The maximum absolute atomic E-state index is 15.3. The fraction of sp³-hybridized carbons (Fsp3) is 0.191. The second kappa shape index (κ2) is 19.8. The fourth-order valence-electron chi connectivity index (χ4n) is 7.71. The van der Waals surface area contributed by atoms with Crippen molar-refractivity contribution in [3.63, 3.8) is 0 Å². The van der Waals surface area contributed by atoms with Gasteiger partial charge >= 0.3 is 0 Å². The van der Waals surface area contributed by atoms with Gasteiger partial charge in [0.25, 0.3) is 26.6 Å². The zero-order valence-corrected chi connectivity index (χ0v) is 39.0. The van der Waals surface area contributed by atoms with Gasteiger partial charge in [0.15, 0.2) is 0 Å². The van der Waals surface area contributed by atoms with Gasteiger partial charge in [-0.25, -0.2) is 18.8 Å². The molecule has 0 saturated heterocycles. The van der Waals surface area contributed by atoms with Gasteiger partial charge in [-0.05, 0) is 116 Å². The molecule has 2 aliphatic heterocycles. The Hall–Kier alpha value is -5.72. The molecule has 0 spiro atoms. The minimum Gasteiger partial charge on any atom is -0.347 e. The number of allylic oxidation sites excluding steroid dienone is 10. The number of nitrogens with zero attached hydrogens (tertiary/aromatic N) is 4. The van der Waals surface area contributed by atoms with Gasteiger partial charge in [-0.15, -0.1) is 0 Å². The standard InChI is InChI=1S/C24H22ClFN3O3P.C23H20ClFN3O3P/c1-14-10-15(2)12-17(11-14)33(31,32-3)23-20-19(5-4-18(25)21(20)26)29-22(23)24(30)28-13-16-6-8-27-9-7-16;1-14-9-17(25)12-18(10-14)32(30,31-2)22-19-11-16(24)3-4-20(19)28-21(22)23(29)27-13-15-5-7-26-8-6-15/h4-12,20H,13H2,1-3H3,(H,28,30);3-12,19H,13H2,1-2H3,(H,27,29). The summed E-state index contributed by atoms with van der Waals surface area (Å²) < 4.78 is 69.2. The number of rotatable bonds is 12. The Labute approximate surface area is 384 Å². The third-order valence-corrected chi connectivity index (χ3v) is 16.4. The third-order valence-electron chi connectivity index (χ3n) is 10.7. The lowest BCUT2D eigenvalue weighted by Crippen LogP contribution is -2.26. The van der Waals surface area contributed by atoms with Crippen molar-refractivity contribution in [2.45, 2.75) is 33.9 Å². The molecule has 4 heterocycles. The van der Waals surface area contributed by atoms with Crippen molar-refractivity contribution in [3.8, 4) is 0 Å². The summed E-state index contributed by atoms with van der Waals surface area (Å²) in [5.74, 6) is -4.13. The summed E-state index contributed by atoms with van der Waals surface area (Å²) >= 11 is 12.3. The van der Waals surface area contributed by atoms with Crippen LogP contribution in [-0.2, 0) is 40.9 Å². The lowest BCUT2D eigenvalue weighted by molar-refractivity contribution is -0.118. The maximum Gasteiger partial charge on any atom is 0.270 e. The van der Waals surface area contributed by atoms with Crippen LogP contribution in [0.3, 0.4) is 0 Å². The largest absolute Gasteiger partial charge is 0.347 e. The predicted molar refractivity (Wildman–Crippen MR) is 250 cm³/mol. The summed E-state index contributed by atoms with van der Waals surface area (Å²) in [6, 6.07) is 16.5. The van der Waals surface area contributed by atoms with Crippen molar-refractivity contribution in [2.75, 3.05) is 14.2 Å². The molecule has 18 heteroatoms. The van der Waals surface area contributed by atoms with Crippen molar-refractivity contribution >= 4 is 71.8 Å². The first-order chi connectivity index (χ1) is 31.1. The van der Waals surface area contributed by atoms with Gasteiger partial charge in [-0.2, -0.15) is 0 Å². The molecule has 8 rings (SSSR count). The van der Waals surface area contributed by atoms with E-state index in [4.69, 9.17) is 32.2 Å². The van der Waals surface area contributed by atoms with Gasteiger partial charge in [0.2, 0.25) is 0 Å². The molecule has 2 aliphatic carbocycles. The first-order valence-corrected chi connectivity index (χ1v) is 24.0. The van der Waals surface area contributed by atoms with Gasteiger partial charge in [0.05, 0.1) is 38.9 Å². The number of pyridine rings is 2. The summed E-state index contributed by atoms with van der Waals surface area (Å²) in [6.07, 6.45) is 14.4. The maximum atomic E-state index is 15.3. The number of aromatic nitrogens is 2. The number of amides is 2. The van der Waals surface area contributed by atoms with Crippen molar-refractivity contribution in [3.05, 3.63) is 187 Å². The van der Waals surface area contributed by atoms with Gasteiger partial charge in [0, 0.05) is 67.7 Å². The monoisotopic (exact) mass is 956 g/mol. The van der Waals surface area contributed by atoms with Crippen molar-refractivity contribution in [2.24, 2.45) is 21.8 Å². The predicted octanol–water partition coefficient (Wildman–Crippen LogP) is 9.21. The highest BCUT2D eigenvalue weighted by molar-refractivity contribution is 7.71. The van der Waals surface area contributed by atoms with Gasteiger partial charge in [-0.3, -0.25) is 28.7 Å². The SMILES string of the molecule is COP(=O)(C1=C(C(=O)NCc2ccncc2)N=C2C=CC(Cl)=C(F)C21)c1cc(C)cc(C)c1.COP(=O)(C1=C(C(=O)NCc2ccncc2)N=C2C=CC(Cl)=CC21)c1cc(C)cc(F)c1. The van der Waals surface area contributed by atoms with E-state index in [-0.39, 0.29) is 51.2 Å². The molecule has 2 aromatic carbocycles. The molecular formula is C47H42Cl2F2N6O6P2. The molecule has 0 fully saturated rings. The van der Waals surface area contributed by atoms with Crippen LogP contribution in [0, 0.1) is 38.4 Å². The highest BCUT2D eigenvalue weighted by atomic mass is 35.5. The fourth-order valence-corrected chi connectivity index (χ4v) is 12.9. The van der Waals surface area contributed by atoms with Gasteiger partial charge < -0.3 is 19.7 Å². The Morgan fingerprint density at radius 2 is 1.14 bits per heavy atom. The highest BCUT2D eigenvalue weighted by Crippen LogP contribution is 2.62. The van der Waals surface area contributed by atoms with Crippen LogP contribution >= 0.6 is 37.9 Å². The molecule has 4 atom stereocenters. The molecule has 4 aromatic rings. The quantitative estimate of drug-likeness (QED) is 0.133. The van der Waals surface area contributed by atoms with Crippen molar-refractivity contribution < 1.29 is 36.5 Å². The molecule has 0 radical (unpaired) electrons. The van der Waals surface area contributed by atoms with Crippen molar-refractivity contribution in [1.29, 1.82) is 0 Å². The van der Waals surface area contributed by atoms with E-state index in [9.17, 15) is 23.1 Å². The van der Waals surface area contributed by atoms with E-state index in [1.807, 2.05) is 19.9 Å². The molecule has 2 N–H and O–H groups in total. The average Bonchev–Trinajstić information content (AvgIpc) is 3.89. The zero-order chi connectivity index (χ0) is 46.6. The van der Waals surface area contributed by atoms with Crippen LogP contribution in [0.4, 0.5) is 8.78 Å². The molecule has 2 aromatic heterocycles. The van der Waals surface area contributed by atoms with E-state index in [1.54, 1.807) is 92.4 Å². The summed E-state index contributed by atoms with van der Waals surface area (Å²) in [7, 11) is -5.17. The first kappa shape index (κ1) is 47.2. The van der Waals surface area contributed by atoms with E-state index in [0.717, 1.165) is 22.3 Å². The van der Waals surface area contributed by atoms with Gasteiger partial charge in [0.1, 0.15) is 23.0 Å². The average molecular weight is 958 g/mol. The smallest absolute Gasteiger partial charge is 0.270 e. The number of carbonyl (C=O) groups excluding carboxylic acids is 2. The van der Waals surface area contributed by atoms with Gasteiger partial charge in [-0.1, -0.05) is 46.5 Å². The molecule has 334 valence electrons. The van der Waals surface area contributed by atoms with Crippen LogP contribution in [0.2, 0.25) is 0 Å². The van der Waals surface area contributed by atoms with E-state index in [1.165, 1.54) is 38.5 Å². The molecular weight excluding hydrogens is 915 g/mol. The van der Waals surface area contributed by atoms with Crippen LogP contribution in [0.15, 0.2) is 164 Å². The number of nitrogens with one attached hydrogen (secondary N) is 2. The number of fused-ring (bicyclic) bond motifs is 2. The molecule has 2 amide bonds. The highest BCUT2D eigenvalue weighted by Gasteiger charge is 2.48. The molecule has 0 saturated carbocycles. The summed E-state index contributed by atoms with van der Waals surface area (Å²) in [4.78, 5) is 43.1. The lowest BCUT2D eigenvalue weighted by atomic mass is 9.97. The van der Waals surface area contributed by atoms with E-state index in [0.29, 0.717) is 21.6 Å². The van der Waals surface area contributed by atoms with Crippen LogP contribution in [0.25, 0.3) is 0 Å². The number of aryl methyl sites for hydroxylation is 3. The lowest BCUT2D eigenvalue weighted by Gasteiger charge is -2.25. The second-order valence-electron chi connectivity index (χ2n) is 15.2. The Kier molecular flexibility index (Phi) is 14.4. The molecule has 4 unspecified atom stereocenters. The molecule has 4 aliphatic rings. The summed E-state index contributed by atoms with van der Waals surface area (Å²) in [5, 5.41) is 6.55. The minimum atomic E-state index is -3.89. The number of carbonyl (C=O) groups is 2. The normalized spacial score (nSPS) is 19.2. The summed E-state index contributed by atoms with van der Waals surface area (Å²) in [5.41, 5.74) is 4.60. The summed E-state index contributed by atoms with van der Waals surface area (Å²) in [6.45, 7) is 5.86. The van der Waals surface area contributed by atoms with Crippen LogP contribution < -0.4 is 21.2 Å². The zero-order valence-electron chi connectivity index (χ0n) is 35.7. The third kappa shape index (κ3) is 9.94. The second-order valence-corrected chi connectivity index (χ2v) is 21.0. The first-order valence-electron chi connectivity index (χ1n) is 20.0. The molecule has 0 bridgehead atoms. The van der Waals surface area contributed by atoms with E-state index in [2.05, 4.69) is 30.6 Å². The Morgan fingerprint density at radius 3 is 1.68 bits per heavy atom. The molecule has 65 heavy (non-hydrogen) atoms. The minimum absolute atomic E-state index is 0.0154. The Bertz CT molecular complexity index is 2910. The Morgan fingerprint density at radius 1 is 0.662 bits per heavy atom. The number of hydrogen-bond donors (Lipinski definition) is 2. The number of halogens is 4. The number of aliphatic imine (C=N–C) groups is 2.